The molecule has 0 radical (unpaired) electrons. The Morgan fingerprint density at radius 3 is 2.39 bits per heavy atom. The van der Waals surface area contributed by atoms with Gasteiger partial charge in [0.15, 0.2) is 11.9 Å². The van der Waals surface area contributed by atoms with Gasteiger partial charge in [-0.25, -0.2) is 4.79 Å². The third kappa shape index (κ3) is 3.29. The van der Waals surface area contributed by atoms with Crippen LogP contribution in [0.5, 0.6) is 0 Å². The molecule has 1 aromatic carbocycles. The predicted molar refractivity (Wildman–Crippen MR) is 64.6 cm³/mol. The van der Waals surface area contributed by atoms with Crippen LogP contribution in [-0.2, 0) is 11.4 Å². The van der Waals surface area contributed by atoms with Crippen molar-refractivity contribution in [3.8, 4) is 0 Å². The van der Waals surface area contributed by atoms with Crippen LogP contribution in [0.3, 0.4) is 0 Å². The molecule has 0 aliphatic rings. The van der Waals surface area contributed by atoms with Crippen LogP contribution in [0.4, 0.5) is 0 Å². The summed E-state index contributed by atoms with van der Waals surface area (Å²) < 4.78 is 0. The van der Waals surface area contributed by atoms with Gasteiger partial charge in [0.05, 0.1) is 12.0 Å². The highest BCUT2D eigenvalue weighted by Crippen LogP contribution is 2.20. The summed E-state index contributed by atoms with van der Waals surface area (Å²) in [7, 11) is 0. The molecule has 6 heteroatoms. The molecule has 3 N–H and O–H groups in total. The summed E-state index contributed by atoms with van der Waals surface area (Å²) in [6, 6.07) is 4.01. The van der Waals surface area contributed by atoms with E-state index in [1.54, 1.807) is 0 Å². The first kappa shape index (κ1) is 14.6. The van der Waals surface area contributed by atoms with E-state index in [4.69, 9.17) is 21.8 Å². The number of carbonyl (C=O) groups is 2. The lowest BCUT2D eigenvalue weighted by Crippen LogP contribution is -2.15. The molecule has 5 nitrogen and oxygen atoms in total. The van der Waals surface area contributed by atoms with E-state index >= 15 is 0 Å². The lowest BCUT2D eigenvalue weighted by molar-refractivity contribution is -0.146. The van der Waals surface area contributed by atoms with Gasteiger partial charge in [-0.2, -0.15) is 0 Å². The Balaban J connectivity index is 3.25. The molecule has 18 heavy (non-hydrogen) atoms. The van der Waals surface area contributed by atoms with E-state index in [1.165, 1.54) is 25.1 Å². The largest absolute Gasteiger partial charge is 0.479 e. The second kappa shape index (κ2) is 5.95. The number of rotatable bonds is 5. The van der Waals surface area contributed by atoms with E-state index in [9.17, 15) is 14.7 Å². The minimum Gasteiger partial charge on any atom is -0.479 e. The summed E-state index contributed by atoms with van der Waals surface area (Å²) in [6.45, 7) is 1.12. The highest BCUT2D eigenvalue weighted by Gasteiger charge is 2.20. The Bertz CT molecular complexity index is 470. The normalized spacial score (nSPS) is 14.0. The molecule has 0 amide bonds. The molecule has 0 heterocycles. The fraction of sp³-hybridized carbons (Fsp3) is 0.333. The molecule has 0 bridgehead atoms. The number of benzene rings is 1. The SMILES string of the molecule is CC(Cl)C(=O)c1cc(CO)cc(C(O)C(=O)O)c1. The molecule has 0 spiro atoms. The molecule has 0 saturated carbocycles. The second-order valence-electron chi connectivity index (χ2n) is 3.84. The molecule has 2 atom stereocenters. The van der Waals surface area contributed by atoms with Crippen molar-refractivity contribution in [2.24, 2.45) is 0 Å². The Hall–Kier alpha value is -1.43. The standard InChI is InChI=1S/C12H13ClO5/c1-6(13)10(15)8-2-7(5-14)3-9(4-8)11(16)12(17)18/h2-4,6,11,14,16H,5H2,1H3,(H,17,18). The lowest BCUT2D eigenvalue weighted by atomic mass is 9.99. The van der Waals surface area contributed by atoms with Crippen LogP contribution in [0.1, 0.15) is 34.5 Å². The molecule has 98 valence electrons. The third-order valence-corrected chi connectivity index (χ3v) is 2.59. The highest BCUT2D eigenvalue weighted by molar-refractivity contribution is 6.33. The van der Waals surface area contributed by atoms with Gasteiger partial charge >= 0.3 is 5.97 Å². The zero-order chi connectivity index (χ0) is 13.9. The van der Waals surface area contributed by atoms with Gasteiger partial charge in [0.2, 0.25) is 0 Å². The minimum atomic E-state index is -1.74. The van der Waals surface area contributed by atoms with Crippen LogP contribution < -0.4 is 0 Å². The number of aliphatic hydroxyl groups is 2. The molecular weight excluding hydrogens is 260 g/mol. The van der Waals surface area contributed by atoms with Gasteiger partial charge in [-0.05, 0) is 30.2 Å². The maximum absolute atomic E-state index is 11.7. The van der Waals surface area contributed by atoms with Crippen molar-refractivity contribution in [2.45, 2.75) is 25.0 Å². The molecule has 0 saturated heterocycles. The molecule has 0 fully saturated rings. The molecule has 2 unspecified atom stereocenters. The summed E-state index contributed by atoms with van der Waals surface area (Å²) in [5.41, 5.74) is 0.544. The summed E-state index contributed by atoms with van der Waals surface area (Å²) in [6.07, 6.45) is -1.74. The fourth-order valence-corrected chi connectivity index (χ4v) is 1.61. The number of ketones is 1. The van der Waals surface area contributed by atoms with E-state index in [0.29, 0.717) is 5.56 Å². The smallest absolute Gasteiger partial charge is 0.337 e. The Labute approximate surface area is 109 Å². The van der Waals surface area contributed by atoms with E-state index in [1.807, 2.05) is 0 Å². The Morgan fingerprint density at radius 1 is 1.33 bits per heavy atom. The maximum atomic E-state index is 11.7. The van der Waals surface area contributed by atoms with Gasteiger partial charge < -0.3 is 15.3 Å². The molecule has 0 aromatic heterocycles. The molecule has 0 aliphatic carbocycles. The van der Waals surface area contributed by atoms with E-state index in [2.05, 4.69) is 0 Å². The topological polar surface area (TPSA) is 94.8 Å². The van der Waals surface area contributed by atoms with Gasteiger partial charge in [-0.15, -0.1) is 11.6 Å². The summed E-state index contributed by atoms with van der Waals surface area (Å²) in [5, 5.41) is 26.4. The van der Waals surface area contributed by atoms with Crippen LogP contribution >= 0.6 is 11.6 Å². The van der Waals surface area contributed by atoms with E-state index in [-0.39, 0.29) is 17.7 Å². The van der Waals surface area contributed by atoms with Crippen molar-refractivity contribution in [2.75, 3.05) is 0 Å². The van der Waals surface area contributed by atoms with Crippen molar-refractivity contribution < 1.29 is 24.9 Å². The van der Waals surface area contributed by atoms with Crippen LogP contribution in [0.15, 0.2) is 18.2 Å². The maximum Gasteiger partial charge on any atom is 0.337 e. The van der Waals surface area contributed by atoms with Crippen LogP contribution in [-0.4, -0.2) is 32.4 Å². The van der Waals surface area contributed by atoms with Crippen LogP contribution in [0.25, 0.3) is 0 Å². The van der Waals surface area contributed by atoms with Crippen molar-refractivity contribution in [3.63, 3.8) is 0 Å². The Morgan fingerprint density at radius 2 is 1.94 bits per heavy atom. The third-order valence-electron chi connectivity index (χ3n) is 2.39. The first-order valence-electron chi connectivity index (χ1n) is 5.20. The summed E-state index contributed by atoms with van der Waals surface area (Å²) in [5.74, 6) is -1.83. The first-order valence-corrected chi connectivity index (χ1v) is 5.64. The molecule has 1 rings (SSSR count). The van der Waals surface area contributed by atoms with Crippen LogP contribution in [0.2, 0.25) is 0 Å². The summed E-state index contributed by atoms with van der Waals surface area (Å²) in [4.78, 5) is 22.4. The number of hydrogen-bond donors (Lipinski definition) is 3. The number of Topliss-reactive ketones (excluding diaryl/α,β-unsaturated/α-hetero) is 1. The number of carboxylic acids is 1. The number of hydrogen-bond acceptors (Lipinski definition) is 4. The fourth-order valence-electron chi connectivity index (χ4n) is 1.48. The second-order valence-corrected chi connectivity index (χ2v) is 4.50. The van der Waals surface area contributed by atoms with E-state index in [0.717, 1.165) is 0 Å². The van der Waals surface area contributed by atoms with Gasteiger partial charge in [-0.3, -0.25) is 4.79 Å². The zero-order valence-corrected chi connectivity index (χ0v) is 10.4. The van der Waals surface area contributed by atoms with Crippen molar-refractivity contribution in [1.29, 1.82) is 0 Å². The Kier molecular flexibility index (Phi) is 4.84. The number of carbonyl (C=O) groups excluding carboxylic acids is 1. The number of carboxylic acid groups (broad SMARTS) is 1. The van der Waals surface area contributed by atoms with E-state index < -0.39 is 23.2 Å². The van der Waals surface area contributed by atoms with Crippen molar-refractivity contribution in [3.05, 3.63) is 34.9 Å². The van der Waals surface area contributed by atoms with Gasteiger partial charge in [0.1, 0.15) is 0 Å². The quantitative estimate of drug-likeness (QED) is 0.551. The summed E-state index contributed by atoms with van der Waals surface area (Å²) >= 11 is 5.66. The number of aliphatic hydroxyl groups excluding tert-OH is 2. The number of aliphatic carboxylic acids is 1. The van der Waals surface area contributed by atoms with Gasteiger partial charge in [0.25, 0.3) is 0 Å². The predicted octanol–water partition coefficient (Wildman–Crippen LogP) is 1.11. The molecule has 1 aromatic rings. The molecule has 0 aliphatic heterocycles. The number of alkyl halides is 1. The van der Waals surface area contributed by atoms with Gasteiger partial charge in [-0.1, -0.05) is 6.07 Å². The van der Waals surface area contributed by atoms with Crippen molar-refractivity contribution in [1.82, 2.24) is 0 Å². The lowest BCUT2D eigenvalue weighted by Gasteiger charge is -2.11. The van der Waals surface area contributed by atoms with Crippen molar-refractivity contribution >= 4 is 23.4 Å². The van der Waals surface area contributed by atoms with Crippen LogP contribution in [0, 0.1) is 0 Å². The first-order chi connectivity index (χ1) is 8.36. The zero-order valence-electron chi connectivity index (χ0n) is 9.63. The minimum absolute atomic E-state index is 0.0368. The average molecular weight is 273 g/mol. The number of halogens is 1. The highest BCUT2D eigenvalue weighted by atomic mass is 35.5. The molecular formula is C12H13ClO5. The average Bonchev–Trinajstić information content (AvgIpc) is 2.35. The monoisotopic (exact) mass is 272 g/mol. The van der Waals surface area contributed by atoms with Gasteiger partial charge in [0, 0.05) is 5.56 Å².